The fraction of sp³-hybridized carbons (Fsp3) is 0.500. The van der Waals surface area contributed by atoms with Crippen molar-refractivity contribution < 1.29 is 42.4 Å². The molecule has 1 unspecified atom stereocenters. The summed E-state index contributed by atoms with van der Waals surface area (Å²) in [5.74, 6) is -2.97. The Morgan fingerprint density at radius 3 is 2.55 bits per heavy atom. The summed E-state index contributed by atoms with van der Waals surface area (Å²) < 4.78 is 55.3. The summed E-state index contributed by atoms with van der Waals surface area (Å²) in [4.78, 5) is 55.4. The minimum absolute atomic E-state index is 0.155. The molecule has 0 bridgehead atoms. The van der Waals surface area contributed by atoms with E-state index in [0.29, 0.717) is 0 Å². The Kier molecular flexibility index (Phi) is 6.98. The number of alkyl halides is 2. The molecule has 2 aliphatic rings. The van der Waals surface area contributed by atoms with E-state index in [2.05, 4.69) is 29.9 Å². The van der Waals surface area contributed by atoms with E-state index in [4.69, 9.17) is 36.1 Å². The molecule has 42 heavy (non-hydrogen) atoms. The van der Waals surface area contributed by atoms with Crippen molar-refractivity contribution in [1.82, 2.24) is 39.0 Å². The Morgan fingerprint density at radius 2 is 1.83 bits per heavy atom. The van der Waals surface area contributed by atoms with Gasteiger partial charge in [-0.15, -0.1) is 0 Å². The Balaban J connectivity index is 1.26. The maximum Gasteiger partial charge on any atom is 0.326 e. The van der Waals surface area contributed by atoms with Crippen molar-refractivity contribution in [2.45, 2.75) is 36.0 Å². The number of hydrogen-bond donors (Lipinski definition) is 6. The molecule has 18 nitrogen and oxygen atoms in total. The second-order valence-corrected chi connectivity index (χ2v) is 12.3. The Hall–Kier alpha value is -3.27. The van der Waals surface area contributed by atoms with Crippen molar-refractivity contribution in [3.8, 4) is 0 Å². The van der Waals surface area contributed by atoms with Gasteiger partial charge in [0.1, 0.15) is 31.2 Å². The molecule has 226 valence electrons. The molecule has 0 radical (unpaired) electrons. The SMILES string of the molecule is Nc1nc2c(ncn2[C@]2(OP(O)(=S)OC[C@H]3OC[C@@](F)(n4cnc5c(=O)[nH]cnc54)[C@@H]3O)CO[C@H](CO)[C@H]2F)c(=O)[nH]1. The van der Waals surface area contributed by atoms with Crippen LogP contribution in [0.3, 0.4) is 0 Å². The number of aliphatic hydroxyl groups excluding tert-OH is 2. The van der Waals surface area contributed by atoms with Crippen LogP contribution in [-0.2, 0) is 41.8 Å². The van der Waals surface area contributed by atoms with Gasteiger partial charge in [0.15, 0.2) is 28.5 Å². The highest BCUT2D eigenvalue weighted by molar-refractivity contribution is 8.07. The molecular formula is C20H22F2N9O9PS. The Bertz CT molecular complexity index is 1840. The van der Waals surface area contributed by atoms with E-state index in [-0.39, 0.29) is 28.3 Å². The van der Waals surface area contributed by atoms with Crippen LogP contribution in [0.4, 0.5) is 14.7 Å². The lowest BCUT2D eigenvalue weighted by molar-refractivity contribution is -0.0745. The third-order valence-corrected chi connectivity index (χ3v) is 8.56. The molecule has 7 atom stereocenters. The molecule has 0 amide bonds. The number of halogens is 2. The molecular weight excluding hydrogens is 611 g/mol. The number of anilines is 1. The number of aromatic nitrogens is 8. The van der Waals surface area contributed by atoms with Gasteiger partial charge >= 0.3 is 6.72 Å². The van der Waals surface area contributed by atoms with Gasteiger partial charge in [-0.25, -0.2) is 23.7 Å². The third kappa shape index (κ3) is 4.44. The lowest BCUT2D eigenvalue weighted by atomic mass is 10.1. The van der Waals surface area contributed by atoms with Gasteiger partial charge in [-0.3, -0.25) is 28.2 Å². The topological polar surface area (TPSA) is 251 Å². The van der Waals surface area contributed by atoms with E-state index in [1.54, 1.807) is 0 Å². The highest BCUT2D eigenvalue weighted by Gasteiger charge is 2.57. The zero-order valence-electron chi connectivity index (χ0n) is 21.0. The first kappa shape index (κ1) is 28.8. The van der Waals surface area contributed by atoms with Crippen molar-refractivity contribution in [1.29, 1.82) is 0 Å². The lowest BCUT2D eigenvalue weighted by Crippen LogP contribution is -2.46. The van der Waals surface area contributed by atoms with Crippen LogP contribution < -0.4 is 16.9 Å². The van der Waals surface area contributed by atoms with E-state index < -0.39 is 80.3 Å². The van der Waals surface area contributed by atoms with Gasteiger partial charge < -0.3 is 39.8 Å². The molecule has 7 N–H and O–H groups in total. The van der Waals surface area contributed by atoms with Gasteiger partial charge in [0.2, 0.25) is 17.5 Å². The second-order valence-electron chi connectivity index (χ2n) is 9.50. The Morgan fingerprint density at radius 1 is 1.14 bits per heavy atom. The van der Waals surface area contributed by atoms with Gasteiger partial charge in [-0.1, -0.05) is 0 Å². The number of aliphatic hydroxyl groups is 2. The van der Waals surface area contributed by atoms with Crippen LogP contribution in [0, 0.1) is 0 Å². The molecule has 6 heterocycles. The molecule has 0 spiro atoms. The fourth-order valence-electron chi connectivity index (χ4n) is 4.90. The van der Waals surface area contributed by atoms with Crippen LogP contribution >= 0.6 is 6.72 Å². The standard InChI is InChI=1S/C20H22F2N9O9PS/c21-12-8(1-32)38-4-20(12,31-7-27-11-15(31)28-18(23)29-17(11)35)40-41(36,42)39-2-9-13(33)19(22,3-37-9)30-6-26-10-14(30)24-5-25-16(10)34/h5-9,12-13,32-33H,1-4H2,(H,36,42)(H,24,25,34)(H3,23,28,29,35)/t8-,9-,12-,13-,19-,20+,41?/m1/s1. The zero-order chi connectivity index (χ0) is 30.0. The van der Waals surface area contributed by atoms with Gasteiger partial charge in [0, 0.05) is 0 Å². The maximum atomic E-state index is 16.0. The number of rotatable bonds is 8. The second kappa shape index (κ2) is 10.2. The molecule has 4 aromatic heterocycles. The summed E-state index contributed by atoms with van der Waals surface area (Å²) in [6, 6.07) is 0. The predicted molar refractivity (Wildman–Crippen MR) is 139 cm³/mol. The van der Waals surface area contributed by atoms with Gasteiger partial charge in [-0.05, 0) is 11.8 Å². The van der Waals surface area contributed by atoms with Crippen LogP contribution in [0.1, 0.15) is 0 Å². The van der Waals surface area contributed by atoms with Crippen LogP contribution in [0.2, 0.25) is 0 Å². The largest absolute Gasteiger partial charge is 0.394 e. The van der Waals surface area contributed by atoms with Gasteiger partial charge in [0.05, 0.1) is 32.5 Å². The average molecular weight is 633 g/mol. The van der Waals surface area contributed by atoms with Crippen LogP contribution in [0.5, 0.6) is 0 Å². The molecule has 2 fully saturated rings. The van der Waals surface area contributed by atoms with E-state index in [0.717, 1.165) is 28.1 Å². The fourth-order valence-corrected chi connectivity index (χ4v) is 6.50. The van der Waals surface area contributed by atoms with Crippen molar-refractivity contribution in [2.75, 3.05) is 32.2 Å². The summed E-state index contributed by atoms with van der Waals surface area (Å²) in [5.41, 5.74) is 1.12. The maximum absolute atomic E-state index is 16.0. The molecule has 22 heteroatoms. The predicted octanol–water partition coefficient (Wildman–Crippen LogP) is -2.15. The van der Waals surface area contributed by atoms with Gasteiger partial charge in [-0.2, -0.15) is 4.98 Å². The van der Waals surface area contributed by atoms with Crippen LogP contribution in [0.25, 0.3) is 22.3 Å². The molecule has 0 aliphatic carbocycles. The van der Waals surface area contributed by atoms with E-state index in [1.807, 2.05) is 0 Å². The quantitative estimate of drug-likeness (QED) is 0.113. The number of ether oxygens (including phenoxy) is 2. The number of nitrogens with two attached hydrogens (primary N) is 1. The highest BCUT2D eigenvalue weighted by atomic mass is 32.5. The molecule has 6 rings (SSSR count). The third-order valence-electron chi connectivity index (χ3n) is 7.00. The Labute approximate surface area is 236 Å². The number of hydrogen-bond acceptors (Lipinski definition) is 14. The molecule has 0 saturated carbocycles. The summed E-state index contributed by atoms with van der Waals surface area (Å²) in [6.07, 6.45) is -3.98. The first-order valence-electron chi connectivity index (χ1n) is 12.1. The summed E-state index contributed by atoms with van der Waals surface area (Å²) in [5, 5.41) is 20.4. The van der Waals surface area contributed by atoms with E-state index in [9.17, 15) is 24.7 Å². The monoisotopic (exact) mass is 633 g/mol. The number of nitrogens with one attached hydrogen (secondary N) is 2. The highest BCUT2D eigenvalue weighted by Crippen LogP contribution is 2.54. The van der Waals surface area contributed by atoms with E-state index >= 15 is 8.78 Å². The van der Waals surface area contributed by atoms with Crippen molar-refractivity contribution in [2.24, 2.45) is 0 Å². The van der Waals surface area contributed by atoms with Gasteiger partial charge in [0.25, 0.3) is 11.1 Å². The molecule has 2 aliphatic heterocycles. The first-order chi connectivity index (χ1) is 19.9. The molecule has 2 saturated heterocycles. The zero-order valence-corrected chi connectivity index (χ0v) is 22.7. The summed E-state index contributed by atoms with van der Waals surface area (Å²) in [6.45, 7) is -7.38. The lowest BCUT2D eigenvalue weighted by Gasteiger charge is -2.34. The summed E-state index contributed by atoms with van der Waals surface area (Å²) in [7, 11) is 0. The number of imidazole rings is 2. The molecule has 4 aromatic rings. The number of fused-ring (bicyclic) bond motifs is 2. The van der Waals surface area contributed by atoms with Crippen LogP contribution in [-0.4, -0.2) is 105 Å². The normalized spacial score (nSPS) is 31.3. The van der Waals surface area contributed by atoms with Crippen molar-refractivity contribution in [3.05, 3.63) is 39.7 Å². The smallest absolute Gasteiger partial charge is 0.326 e. The van der Waals surface area contributed by atoms with Crippen molar-refractivity contribution in [3.63, 3.8) is 0 Å². The first-order valence-corrected chi connectivity index (χ1v) is 14.7. The van der Waals surface area contributed by atoms with E-state index in [1.165, 1.54) is 0 Å². The van der Waals surface area contributed by atoms with Crippen molar-refractivity contribution >= 4 is 46.8 Å². The summed E-state index contributed by atoms with van der Waals surface area (Å²) >= 11 is 5.11. The molecule has 0 aromatic carbocycles. The number of H-pyrrole nitrogens is 2. The number of nitrogens with zero attached hydrogens (tertiary/aromatic N) is 6. The minimum atomic E-state index is -4.50. The number of nitrogen functional groups attached to an aromatic ring is 1. The average Bonchev–Trinajstić information content (AvgIpc) is 3.70. The number of aromatic amines is 2. The van der Waals surface area contributed by atoms with Crippen LogP contribution in [0.15, 0.2) is 28.6 Å². The minimum Gasteiger partial charge on any atom is -0.394 e.